The van der Waals surface area contributed by atoms with Gasteiger partial charge in [0.05, 0.1) is 17.4 Å². The van der Waals surface area contributed by atoms with E-state index in [9.17, 15) is 4.79 Å². The van der Waals surface area contributed by atoms with Gasteiger partial charge in [-0.15, -0.1) is 0 Å². The van der Waals surface area contributed by atoms with Gasteiger partial charge in [-0.3, -0.25) is 4.79 Å². The first kappa shape index (κ1) is 17.0. The zero-order valence-electron chi connectivity index (χ0n) is 15.2. The number of nitrogens with zero attached hydrogens (tertiary/aromatic N) is 4. The average molecular weight is 359 g/mol. The van der Waals surface area contributed by atoms with Gasteiger partial charge in [0.2, 0.25) is 0 Å². The van der Waals surface area contributed by atoms with Gasteiger partial charge in [-0.25, -0.2) is 9.97 Å². The fourth-order valence-electron chi connectivity index (χ4n) is 3.27. The Morgan fingerprint density at radius 3 is 2.63 bits per heavy atom. The van der Waals surface area contributed by atoms with Gasteiger partial charge in [0.15, 0.2) is 0 Å². The van der Waals surface area contributed by atoms with Gasteiger partial charge in [0, 0.05) is 43.7 Å². The molecule has 0 saturated heterocycles. The maximum atomic E-state index is 11.8. The van der Waals surface area contributed by atoms with Crippen LogP contribution in [0, 0.1) is 0 Å². The Morgan fingerprint density at radius 1 is 1.07 bits per heavy atom. The van der Waals surface area contributed by atoms with Crippen molar-refractivity contribution in [2.75, 3.05) is 7.05 Å². The molecule has 6 nitrogen and oxygen atoms in total. The SMILES string of the molecule is CNC(=O)c1ccc(-c2nc3ccccc3n2CCCn2ccnc2)cc1. The van der Waals surface area contributed by atoms with Crippen molar-refractivity contribution in [2.24, 2.45) is 0 Å². The number of amides is 1. The highest BCUT2D eigenvalue weighted by atomic mass is 16.1. The number of aromatic nitrogens is 4. The Morgan fingerprint density at radius 2 is 1.89 bits per heavy atom. The molecule has 27 heavy (non-hydrogen) atoms. The highest BCUT2D eigenvalue weighted by molar-refractivity contribution is 5.94. The van der Waals surface area contributed by atoms with Crippen LogP contribution in [-0.4, -0.2) is 32.1 Å². The molecule has 0 spiro atoms. The largest absolute Gasteiger partial charge is 0.355 e. The van der Waals surface area contributed by atoms with Gasteiger partial charge in [-0.1, -0.05) is 24.3 Å². The second-order valence-electron chi connectivity index (χ2n) is 6.39. The highest BCUT2D eigenvalue weighted by Gasteiger charge is 2.13. The number of para-hydroxylation sites is 2. The number of benzene rings is 2. The van der Waals surface area contributed by atoms with Crippen LogP contribution in [0.15, 0.2) is 67.3 Å². The topological polar surface area (TPSA) is 64.7 Å². The monoisotopic (exact) mass is 359 g/mol. The van der Waals surface area contributed by atoms with E-state index >= 15 is 0 Å². The molecular weight excluding hydrogens is 338 g/mol. The molecule has 136 valence electrons. The standard InChI is InChI=1S/C21H21N5O/c1-22-21(27)17-9-7-16(8-10-17)20-24-18-5-2-3-6-19(18)26(20)13-4-12-25-14-11-23-15-25/h2-3,5-11,14-15H,4,12-13H2,1H3,(H,22,27). The van der Waals surface area contributed by atoms with Crippen LogP contribution in [0.1, 0.15) is 16.8 Å². The third-order valence-corrected chi connectivity index (χ3v) is 4.64. The summed E-state index contributed by atoms with van der Waals surface area (Å²) in [7, 11) is 1.63. The summed E-state index contributed by atoms with van der Waals surface area (Å²) in [5.74, 6) is 0.834. The zero-order chi connectivity index (χ0) is 18.6. The minimum Gasteiger partial charge on any atom is -0.355 e. The van der Waals surface area contributed by atoms with E-state index in [1.165, 1.54) is 0 Å². The molecule has 6 heteroatoms. The van der Waals surface area contributed by atoms with E-state index in [-0.39, 0.29) is 5.91 Å². The molecule has 0 atom stereocenters. The number of hydrogen-bond acceptors (Lipinski definition) is 3. The smallest absolute Gasteiger partial charge is 0.251 e. The minimum atomic E-state index is -0.0876. The van der Waals surface area contributed by atoms with E-state index < -0.39 is 0 Å². The molecule has 1 amide bonds. The van der Waals surface area contributed by atoms with Crippen molar-refractivity contribution in [3.05, 3.63) is 72.8 Å². The first-order chi connectivity index (χ1) is 13.3. The van der Waals surface area contributed by atoms with Crippen molar-refractivity contribution in [3.63, 3.8) is 0 Å². The normalized spacial score (nSPS) is 11.0. The molecule has 4 aromatic rings. The molecule has 0 aliphatic rings. The lowest BCUT2D eigenvalue weighted by molar-refractivity contribution is 0.0963. The summed E-state index contributed by atoms with van der Waals surface area (Å²) in [5, 5.41) is 2.65. The molecule has 1 N–H and O–H groups in total. The van der Waals surface area contributed by atoms with E-state index in [0.29, 0.717) is 5.56 Å². The quantitative estimate of drug-likeness (QED) is 0.574. The zero-order valence-corrected chi connectivity index (χ0v) is 15.2. The molecule has 0 radical (unpaired) electrons. The summed E-state index contributed by atoms with van der Waals surface area (Å²) in [5.41, 5.74) is 3.74. The summed E-state index contributed by atoms with van der Waals surface area (Å²) in [6.07, 6.45) is 6.58. The molecule has 0 aliphatic carbocycles. The molecule has 2 aromatic heterocycles. The Kier molecular flexibility index (Phi) is 4.70. The van der Waals surface area contributed by atoms with Crippen molar-refractivity contribution in [3.8, 4) is 11.4 Å². The summed E-state index contributed by atoms with van der Waals surface area (Å²) < 4.78 is 4.33. The number of carbonyl (C=O) groups excluding carboxylic acids is 1. The number of fused-ring (bicyclic) bond motifs is 1. The van der Waals surface area contributed by atoms with Crippen LogP contribution in [0.4, 0.5) is 0 Å². The van der Waals surface area contributed by atoms with Crippen molar-refractivity contribution < 1.29 is 4.79 Å². The summed E-state index contributed by atoms with van der Waals surface area (Å²) in [6, 6.07) is 15.8. The predicted octanol–water partition coefficient (Wildman–Crippen LogP) is 3.35. The van der Waals surface area contributed by atoms with E-state index in [1.807, 2.05) is 55.0 Å². The molecule has 0 saturated carbocycles. The van der Waals surface area contributed by atoms with Crippen molar-refractivity contribution in [1.82, 2.24) is 24.4 Å². The van der Waals surface area contributed by atoms with Crippen molar-refractivity contribution >= 4 is 16.9 Å². The van der Waals surface area contributed by atoms with E-state index in [2.05, 4.69) is 25.5 Å². The third kappa shape index (κ3) is 3.46. The van der Waals surface area contributed by atoms with Crippen LogP contribution in [0.25, 0.3) is 22.4 Å². The van der Waals surface area contributed by atoms with Gasteiger partial charge < -0.3 is 14.5 Å². The number of nitrogens with one attached hydrogen (secondary N) is 1. The summed E-state index contributed by atoms with van der Waals surface area (Å²) >= 11 is 0. The van der Waals surface area contributed by atoms with Crippen LogP contribution in [0.3, 0.4) is 0 Å². The second-order valence-corrected chi connectivity index (χ2v) is 6.39. The molecule has 4 rings (SSSR count). The first-order valence-electron chi connectivity index (χ1n) is 9.00. The molecular formula is C21H21N5O. The van der Waals surface area contributed by atoms with E-state index in [0.717, 1.165) is 41.9 Å². The Bertz CT molecular complexity index is 1050. The maximum Gasteiger partial charge on any atom is 0.251 e. The molecule has 0 unspecified atom stereocenters. The van der Waals surface area contributed by atoms with Crippen LogP contribution in [0.2, 0.25) is 0 Å². The highest BCUT2D eigenvalue weighted by Crippen LogP contribution is 2.25. The van der Waals surface area contributed by atoms with Crippen LogP contribution in [-0.2, 0) is 13.1 Å². The van der Waals surface area contributed by atoms with Crippen molar-refractivity contribution in [1.29, 1.82) is 0 Å². The lowest BCUT2D eigenvalue weighted by atomic mass is 10.1. The predicted molar refractivity (Wildman–Crippen MR) is 105 cm³/mol. The van der Waals surface area contributed by atoms with Gasteiger partial charge >= 0.3 is 0 Å². The van der Waals surface area contributed by atoms with Crippen LogP contribution in [0.5, 0.6) is 0 Å². The molecule has 0 aliphatic heterocycles. The minimum absolute atomic E-state index is 0.0876. The molecule has 0 fully saturated rings. The lowest BCUT2D eigenvalue weighted by Crippen LogP contribution is -2.17. The molecule has 0 bridgehead atoms. The van der Waals surface area contributed by atoms with Gasteiger partial charge in [-0.05, 0) is 30.7 Å². The summed E-state index contributed by atoms with van der Waals surface area (Å²) in [4.78, 5) is 20.7. The number of aryl methyl sites for hydroxylation is 2. The van der Waals surface area contributed by atoms with Crippen LogP contribution >= 0.6 is 0 Å². The van der Waals surface area contributed by atoms with Gasteiger partial charge in [-0.2, -0.15) is 0 Å². The number of imidazole rings is 2. The molecule has 2 heterocycles. The number of hydrogen-bond donors (Lipinski definition) is 1. The lowest BCUT2D eigenvalue weighted by Gasteiger charge is -2.10. The number of carbonyl (C=O) groups is 1. The van der Waals surface area contributed by atoms with Crippen LogP contribution < -0.4 is 5.32 Å². The fraction of sp³-hybridized carbons (Fsp3) is 0.190. The first-order valence-corrected chi connectivity index (χ1v) is 9.00. The van der Waals surface area contributed by atoms with Crippen molar-refractivity contribution in [2.45, 2.75) is 19.5 Å². The number of rotatable bonds is 6. The Hall–Kier alpha value is -3.41. The molecule has 2 aromatic carbocycles. The average Bonchev–Trinajstić information content (AvgIpc) is 3.36. The maximum absolute atomic E-state index is 11.8. The second kappa shape index (κ2) is 7.45. The van der Waals surface area contributed by atoms with E-state index in [1.54, 1.807) is 13.2 Å². The Labute approximate surface area is 157 Å². The third-order valence-electron chi connectivity index (χ3n) is 4.64. The summed E-state index contributed by atoms with van der Waals surface area (Å²) in [6.45, 7) is 1.76. The fourth-order valence-corrected chi connectivity index (χ4v) is 3.27. The van der Waals surface area contributed by atoms with Gasteiger partial charge in [0.1, 0.15) is 5.82 Å². The van der Waals surface area contributed by atoms with Gasteiger partial charge in [0.25, 0.3) is 5.91 Å². The van der Waals surface area contributed by atoms with E-state index in [4.69, 9.17) is 4.98 Å². The Balaban J connectivity index is 1.66.